The van der Waals surface area contributed by atoms with Crippen LogP contribution in [-0.2, 0) is 16.1 Å². The highest BCUT2D eigenvalue weighted by Gasteiger charge is 2.45. The second kappa shape index (κ2) is 7.56. The molecular weight excluding hydrogens is 316 g/mol. The van der Waals surface area contributed by atoms with Crippen molar-refractivity contribution < 1.29 is 14.7 Å². The van der Waals surface area contributed by atoms with E-state index in [1.54, 1.807) is 11.9 Å². The summed E-state index contributed by atoms with van der Waals surface area (Å²) in [7, 11) is 1.80. The maximum atomic E-state index is 12.7. The van der Waals surface area contributed by atoms with Gasteiger partial charge in [-0.1, -0.05) is 37.1 Å². The number of fused-ring (bicyclic) bond motifs is 1. The third kappa shape index (κ3) is 3.87. The number of amides is 1. The molecule has 1 aromatic rings. The number of aliphatic carboxylic acids is 1. The summed E-state index contributed by atoms with van der Waals surface area (Å²) in [6, 6.07) is 7.79. The molecular formula is C20H28N2O3. The zero-order valence-electron chi connectivity index (χ0n) is 15.1. The van der Waals surface area contributed by atoms with E-state index in [-0.39, 0.29) is 18.5 Å². The number of carboxylic acids is 1. The van der Waals surface area contributed by atoms with Gasteiger partial charge in [0.15, 0.2) is 0 Å². The van der Waals surface area contributed by atoms with E-state index in [1.165, 1.54) is 12.0 Å². The van der Waals surface area contributed by atoms with Gasteiger partial charge in [0, 0.05) is 19.6 Å². The van der Waals surface area contributed by atoms with Crippen LogP contribution in [0.25, 0.3) is 0 Å². The zero-order chi connectivity index (χ0) is 18.0. The number of carbonyl (C=O) groups excluding carboxylic acids is 1. The standard InChI is InChI=1S/C20H28N2O3/c1-14-7-3-4-9-16(14)12-21(2)19(23)13-22-17-10-6-5-8-15(17)11-18(22)20(24)25/h3-4,7,9,15,17-18H,5-6,8,10-13H2,1-2H3,(H,24,25). The van der Waals surface area contributed by atoms with Crippen molar-refractivity contribution in [3.05, 3.63) is 35.4 Å². The van der Waals surface area contributed by atoms with Gasteiger partial charge in [0.25, 0.3) is 0 Å². The van der Waals surface area contributed by atoms with E-state index in [0.717, 1.165) is 24.8 Å². The van der Waals surface area contributed by atoms with Crippen LogP contribution in [0.5, 0.6) is 0 Å². The highest BCUT2D eigenvalue weighted by atomic mass is 16.4. The van der Waals surface area contributed by atoms with Crippen molar-refractivity contribution in [1.29, 1.82) is 0 Å². The summed E-state index contributed by atoms with van der Waals surface area (Å²) in [4.78, 5) is 28.1. The van der Waals surface area contributed by atoms with Crippen LogP contribution in [0.15, 0.2) is 24.3 Å². The van der Waals surface area contributed by atoms with E-state index in [1.807, 2.05) is 36.1 Å². The maximum absolute atomic E-state index is 12.7. The first-order valence-corrected chi connectivity index (χ1v) is 9.24. The van der Waals surface area contributed by atoms with Crippen molar-refractivity contribution in [2.45, 2.75) is 57.7 Å². The lowest BCUT2D eigenvalue weighted by Gasteiger charge is -2.33. The van der Waals surface area contributed by atoms with Gasteiger partial charge in [0.05, 0.1) is 6.54 Å². The Morgan fingerprint density at radius 1 is 1.24 bits per heavy atom. The van der Waals surface area contributed by atoms with E-state index in [2.05, 4.69) is 0 Å². The fourth-order valence-corrected chi connectivity index (χ4v) is 4.43. The molecule has 5 heteroatoms. The molecule has 1 aliphatic carbocycles. The van der Waals surface area contributed by atoms with Gasteiger partial charge in [0.2, 0.25) is 5.91 Å². The van der Waals surface area contributed by atoms with Crippen molar-refractivity contribution in [3.8, 4) is 0 Å². The summed E-state index contributed by atoms with van der Waals surface area (Å²) >= 11 is 0. The average molecular weight is 344 g/mol. The number of aryl methyl sites for hydroxylation is 1. The molecule has 0 spiro atoms. The number of likely N-dealkylation sites (tertiary alicyclic amines) is 1. The summed E-state index contributed by atoms with van der Waals surface area (Å²) in [6.45, 7) is 2.81. The Morgan fingerprint density at radius 2 is 1.96 bits per heavy atom. The van der Waals surface area contributed by atoms with Gasteiger partial charge in [0.1, 0.15) is 6.04 Å². The smallest absolute Gasteiger partial charge is 0.320 e. The molecule has 0 radical (unpaired) electrons. The number of hydrogen-bond donors (Lipinski definition) is 1. The molecule has 2 aliphatic rings. The lowest BCUT2D eigenvalue weighted by atomic mass is 9.85. The minimum Gasteiger partial charge on any atom is -0.480 e. The largest absolute Gasteiger partial charge is 0.480 e. The number of carboxylic acid groups (broad SMARTS) is 1. The summed E-state index contributed by atoms with van der Waals surface area (Å²) in [5, 5.41) is 9.59. The van der Waals surface area contributed by atoms with Gasteiger partial charge in [-0.05, 0) is 43.2 Å². The number of rotatable bonds is 5. The Hall–Kier alpha value is -1.88. The molecule has 1 heterocycles. The van der Waals surface area contributed by atoms with Crippen LogP contribution in [-0.4, -0.2) is 52.5 Å². The van der Waals surface area contributed by atoms with Gasteiger partial charge >= 0.3 is 5.97 Å². The Kier molecular flexibility index (Phi) is 5.42. The van der Waals surface area contributed by atoms with Gasteiger partial charge in [-0.15, -0.1) is 0 Å². The second-order valence-corrected chi connectivity index (χ2v) is 7.55. The fourth-order valence-electron chi connectivity index (χ4n) is 4.43. The third-order valence-electron chi connectivity index (χ3n) is 5.92. The number of nitrogens with zero attached hydrogens (tertiary/aromatic N) is 2. The lowest BCUT2D eigenvalue weighted by molar-refractivity contribution is -0.144. The van der Waals surface area contributed by atoms with Crippen LogP contribution in [0.2, 0.25) is 0 Å². The highest BCUT2D eigenvalue weighted by Crippen LogP contribution is 2.39. The first kappa shape index (κ1) is 17.9. The molecule has 5 nitrogen and oxygen atoms in total. The number of benzene rings is 1. The molecule has 1 N–H and O–H groups in total. The van der Waals surface area contributed by atoms with Crippen molar-refractivity contribution in [3.63, 3.8) is 0 Å². The van der Waals surface area contributed by atoms with E-state index in [0.29, 0.717) is 18.9 Å². The number of likely N-dealkylation sites (N-methyl/N-ethyl adjacent to an activating group) is 1. The Balaban J connectivity index is 1.67. The Bertz CT molecular complexity index is 646. The molecule has 3 rings (SSSR count). The Labute approximate surface area is 149 Å². The SMILES string of the molecule is Cc1ccccc1CN(C)C(=O)CN1C(C(=O)O)CC2CCCCC21. The number of hydrogen-bond acceptors (Lipinski definition) is 3. The summed E-state index contributed by atoms with van der Waals surface area (Å²) in [6.07, 6.45) is 5.12. The molecule has 136 valence electrons. The normalized spacial score (nSPS) is 26.2. The minimum absolute atomic E-state index is 0.000673. The van der Waals surface area contributed by atoms with Crippen molar-refractivity contribution in [2.24, 2.45) is 5.92 Å². The van der Waals surface area contributed by atoms with E-state index in [9.17, 15) is 14.7 Å². The quantitative estimate of drug-likeness (QED) is 0.892. The molecule has 0 bridgehead atoms. The van der Waals surface area contributed by atoms with Gasteiger partial charge in [-0.3, -0.25) is 14.5 Å². The van der Waals surface area contributed by atoms with Crippen LogP contribution in [0, 0.1) is 12.8 Å². The molecule has 1 aromatic carbocycles. The molecule has 0 aromatic heterocycles. The van der Waals surface area contributed by atoms with Crippen LogP contribution in [0.1, 0.15) is 43.2 Å². The first-order valence-electron chi connectivity index (χ1n) is 9.24. The maximum Gasteiger partial charge on any atom is 0.320 e. The first-order chi connectivity index (χ1) is 12.0. The molecule has 1 amide bonds. The fraction of sp³-hybridized carbons (Fsp3) is 0.600. The predicted octanol–water partition coefficient (Wildman–Crippen LogP) is 2.67. The van der Waals surface area contributed by atoms with Crippen LogP contribution in [0.3, 0.4) is 0 Å². The summed E-state index contributed by atoms with van der Waals surface area (Å²) in [5.74, 6) is -0.353. The van der Waals surface area contributed by atoms with Gasteiger partial charge < -0.3 is 10.0 Å². The van der Waals surface area contributed by atoms with Gasteiger partial charge in [-0.2, -0.15) is 0 Å². The molecule has 2 fully saturated rings. The molecule has 25 heavy (non-hydrogen) atoms. The highest BCUT2D eigenvalue weighted by molar-refractivity contribution is 5.80. The molecule has 1 saturated heterocycles. The van der Waals surface area contributed by atoms with E-state index >= 15 is 0 Å². The van der Waals surface area contributed by atoms with Gasteiger partial charge in [-0.25, -0.2) is 0 Å². The summed E-state index contributed by atoms with van der Waals surface area (Å²) < 4.78 is 0. The topological polar surface area (TPSA) is 60.9 Å². The minimum atomic E-state index is -0.788. The van der Waals surface area contributed by atoms with E-state index < -0.39 is 12.0 Å². The van der Waals surface area contributed by atoms with Crippen molar-refractivity contribution >= 4 is 11.9 Å². The second-order valence-electron chi connectivity index (χ2n) is 7.55. The molecule has 3 atom stereocenters. The lowest BCUT2D eigenvalue weighted by Crippen LogP contribution is -2.47. The summed E-state index contributed by atoms with van der Waals surface area (Å²) in [5.41, 5.74) is 2.30. The van der Waals surface area contributed by atoms with Crippen LogP contribution >= 0.6 is 0 Å². The average Bonchev–Trinajstić information content (AvgIpc) is 2.96. The van der Waals surface area contributed by atoms with Crippen LogP contribution < -0.4 is 0 Å². The number of carbonyl (C=O) groups is 2. The van der Waals surface area contributed by atoms with Crippen molar-refractivity contribution in [2.75, 3.05) is 13.6 Å². The molecule has 1 saturated carbocycles. The monoisotopic (exact) mass is 344 g/mol. The molecule has 3 unspecified atom stereocenters. The Morgan fingerprint density at radius 3 is 2.68 bits per heavy atom. The molecule has 1 aliphatic heterocycles. The predicted molar refractivity (Wildman–Crippen MR) is 96.1 cm³/mol. The van der Waals surface area contributed by atoms with E-state index in [4.69, 9.17) is 0 Å². The third-order valence-corrected chi connectivity index (χ3v) is 5.92. The zero-order valence-corrected chi connectivity index (χ0v) is 15.1. The van der Waals surface area contributed by atoms with Crippen LogP contribution in [0.4, 0.5) is 0 Å². The van der Waals surface area contributed by atoms with Crippen molar-refractivity contribution in [1.82, 2.24) is 9.80 Å².